The monoisotopic (exact) mass is 263 g/mol. The molecule has 1 aromatic carbocycles. The topological polar surface area (TPSA) is 30.5 Å². The van der Waals surface area contributed by atoms with Crippen LogP contribution in [-0.4, -0.2) is 25.8 Å². The van der Waals surface area contributed by atoms with Crippen molar-refractivity contribution < 1.29 is 9.47 Å². The summed E-state index contributed by atoms with van der Waals surface area (Å²) in [7, 11) is 1.69. The number of nitrogens with one attached hydrogen (secondary N) is 1. The summed E-state index contributed by atoms with van der Waals surface area (Å²) in [6.07, 6.45) is 6.31. The first-order valence-corrected chi connectivity index (χ1v) is 7.38. The highest BCUT2D eigenvalue weighted by atomic mass is 16.5. The van der Waals surface area contributed by atoms with Crippen molar-refractivity contribution in [2.75, 3.05) is 13.7 Å². The highest BCUT2D eigenvalue weighted by molar-refractivity contribution is 5.39. The van der Waals surface area contributed by atoms with Crippen LogP contribution in [0.5, 0.6) is 11.5 Å². The summed E-state index contributed by atoms with van der Waals surface area (Å²) in [6.45, 7) is 3.27. The first-order valence-electron chi connectivity index (χ1n) is 7.38. The fourth-order valence-corrected chi connectivity index (χ4v) is 2.68. The maximum absolute atomic E-state index is 6.20. The average Bonchev–Trinajstić information content (AvgIpc) is 2.47. The van der Waals surface area contributed by atoms with Crippen LogP contribution in [0.4, 0.5) is 0 Å². The van der Waals surface area contributed by atoms with Crippen molar-refractivity contribution in [1.82, 2.24) is 5.32 Å². The van der Waals surface area contributed by atoms with Crippen LogP contribution in [0.1, 0.15) is 39.0 Å². The molecule has 2 rings (SSSR count). The van der Waals surface area contributed by atoms with Crippen LogP contribution in [-0.2, 0) is 0 Å². The van der Waals surface area contributed by atoms with Crippen LogP contribution in [0, 0.1) is 0 Å². The summed E-state index contributed by atoms with van der Waals surface area (Å²) in [6, 6.07) is 8.38. The molecular weight excluding hydrogens is 238 g/mol. The predicted octanol–water partition coefficient (Wildman–Crippen LogP) is 3.38. The third-order valence-corrected chi connectivity index (χ3v) is 3.71. The highest BCUT2D eigenvalue weighted by Gasteiger charge is 2.26. The Bertz CT molecular complexity index is 381. The zero-order valence-electron chi connectivity index (χ0n) is 12.0. The van der Waals surface area contributed by atoms with Gasteiger partial charge in [0.1, 0.15) is 6.10 Å². The summed E-state index contributed by atoms with van der Waals surface area (Å²) < 4.78 is 11.6. The fraction of sp³-hybridized carbons (Fsp3) is 0.625. The largest absolute Gasteiger partial charge is 0.493 e. The Morgan fingerprint density at radius 3 is 2.63 bits per heavy atom. The summed E-state index contributed by atoms with van der Waals surface area (Å²) in [5.41, 5.74) is 0. The van der Waals surface area contributed by atoms with Crippen molar-refractivity contribution in [1.29, 1.82) is 0 Å². The van der Waals surface area contributed by atoms with E-state index < -0.39 is 0 Å². The van der Waals surface area contributed by atoms with Gasteiger partial charge in [-0.15, -0.1) is 0 Å². The lowest BCUT2D eigenvalue weighted by atomic mass is 9.92. The number of benzene rings is 1. The molecule has 0 amide bonds. The van der Waals surface area contributed by atoms with Crippen LogP contribution in [0.25, 0.3) is 0 Å². The zero-order chi connectivity index (χ0) is 13.5. The first-order chi connectivity index (χ1) is 9.35. The molecule has 1 aliphatic rings. The minimum Gasteiger partial charge on any atom is -0.493 e. The minimum absolute atomic E-state index is 0.261. The summed E-state index contributed by atoms with van der Waals surface area (Å²) in [4.78, 5) is 0. The van der Waals surface area contributed by atoms with E-state index in [-0.39, 0.29) is 6.10 Å². The van der Waals surface area contributed by atoms with Crippen molar-refractivity contribution in [2.24, 2.45) is 0 Å². The van der Waals surface area contributed by atoms with E-state index in [2.05, 4.69) is 12.2 Å². The van der Waals surface area contributed by atoms with Crippen molar-refractivity contribution in [3.8, 4) is 11.5 Å². The van der Waals surface area contributed by atoms with E-state index in [1.807, 2.05) is 24.3 Å². The van der Waals surface area contributed by atoms with Gasteiger partial charge in [-0.1, -0.05) is 25.5 Å². The fourth-order valence-electron chi connectivity index (χ4n) is 2.68. The molecule has 2 unspecified atom stereocenters. The average molecular weight is 263 g/mol. The van der Waals surface area contributed by atoms with Gasteiger partial charge in [0.05, 0.1) is 7.11 Å². The predicted molar refractivity (Wildman–Crippen MR) is 78.0 cm³/mol. The maximum Gasteiger partial charge on any atom is 0.161 e. The number of ether oxygens (including phenoxy) is 2. The molecule has 0 bridgehead atoms. The molecule has 0 aliphatic heterocycles. The Kier molecular flexibility index (Phi) is 5.52. The lowest BCUT2D eigenvalue weighted by Gasteiger charge is -2.33. The van der Waals surface area contributed by atoms with E-state index in [9.17, 15) is 0 Å². The Hall–Kier alpha value is -1.22. The normalized spacial score (nSPS) is 23.1. The molecule has 1 saturated carbocycles. The maximum atomic E-state index is 6.20. The molecule has 0 radical (unpaired) electrons. The quantitative estimate of drug-likeness (QED) is 0.853. The molecule has 1 N–H and O–H groups in total. The Morgan fingerprint density at radius 1 is 1.16 bits per heavy atom. The van der Waals surface area contributed by atoms with Crippen molar-refractivity contribution >= 4 is 0 Å². The van der Waals surface area contributed by atoms with Gasteiger partial charge in [-0.25, -0.2) is 0 Å². The molecule has 0 saturated heterocycles. The van der Waals surface area contributed by atoms with E-state index in [4.69, 9.17) is 9.47 Å². The number of rotatable bonds is 6. The third-order valence-electron chi connectivity index (χ3n) is 3.71. The van der Waals surface area contributed by atoms with Gasteiger partial charge >= 0.3 is 0 Å². The van der Waals surface area contributed by atoms with Crippen LogP contribution >= 0.6 is 0 Å². The lowest BCUT2D eigenvalue weighted by molar-refractivity contribution is 0.110. The molecule has 106 valence electrons. The molecule has 1 fully saturated rings. The SMILES string of the molecule is CCCNC1CCCCC1Oc1ccccc1OC. The van der Waals surface area contributed by atoms with E-state index in [1.54, 1.807) is 7.11 Å². The van der Waals surface area contributed by atoms with E-state index in [0.717, 1.165) is 30.9 Å². The van der Waals surface area contributed by atoms with Gasteiger partial charge in [-0.05, 0) is 44.4 Å². The standard InChI is InChI=1S/C16H25NO2/c1-3-12-17-13-8-4-5-9-14(13)19-16-11-7-6-10-15(16)18-2/h6-7,10-11,13-14,17H,3-5,8-9,12H2,1-2H3. The second kappa shape index (κ2) is 7.39. The molecule has 1 aromatic rings. The van der Waals surface area contributed by atoms with E-state index >= 15 is 0 Å². The van der Waals surface area contributed by atoms with Gasteiger partial charge in [-0.3, -0.25) is 0 Å². The van der Waals surface area contributed by atoms with Gasteiger partial charge in [0, 0.05) is 6.04 Å². The molecule has 2 atom stereocenters. The second-order valence-electron chi connectivity index (χ2n) is 5.15. The van der Waals surface area contributed by atoms with Gasteiger partial charge < -0.3 is 14.8 Å². The van der Waals surface area contributed by atoms with Crippen LogP contribution in [0.2, 0.25) is 0 Å². The van der Waals surface area contributed by atoms with Gasteiger partial charge in [-0.2, -0.15) is 0 Å². The van der Waals surface area contributed by atoms with Crippen LogP contribution in [0.15, 0.2) is 24.3 Å². The first kappa shape index (κ1) is 14.2. The molecule has 0 aromatic heterocycles. The smallest absolute Gasteiger partial charge is 0.161 e. The summed E-state index contributed by atoms with van der Waals surface area (Å²) >= 11 is 0. The van der Waals surface area contributed by atoms with Crippen LogP contribution in [0.3, 0.4) is 0 Å². The van der Waals surface area contributed by atoms with E-state index in [1.165, 1.54) is 19.3 Å². The Labute approximate surface area is 116 Å². The molecule has 19 heavy (non-hydrogen) atoms. The minimum atomic E-state index is 0.261. The Morgan fingerprint density at radius 2 is 1.89 bits per heavy atom. The van der Waals surface area contributed by atoms with Crippen molar-refractivity contribution in [3.05, 3.63) is 24.3 Å². The third kappa shape index (κ3) is 3.87. The Balaban J connectivity index is 2.02. The molecule has 0 heterocycles. The molecular formula is C16H25NO2. The zero-order valence-corrected chi connectivity index (χ0v) is 12.0. The van der Waals surface area contributed by atoms with Gasteiger partial charge in [0.25, 0.3) is 0 Å². The molecule has 3 heteroatoms. The molecule has 3 nitrogen and oxygen atoms in total. The molecule has 0 spiro atoms. The van der Waals surface area contributed by atoms with Gasteiger partial charge in [0.15, 0.2) is 11.5 Å². The highest BCUT2D eigenvalue weighted by Crippen LogP contribution is 2.30. The van der Waals surface area contributed by atoms with Crippen LogP contribution < -0.4 is 14.8 Å². The van der Waals surface area contributed by atoms with E-state index in [0.29, 0.717) is 6.04 Å². The second-order valence-corrected chi connectivity index (χ2v) is 5.15. The lowest BCUT2D eigenvalue weighted by Crippen LogP contribution is -2.45. The van der Waals surface area contributed by atoms with Crippen molar-refractivity contribution in [3.63, 3.8) is 0 Å². The summed E-state index contributed by atoms with van der Waals surface area (Å²) in [5, 5.41) is 3.61. The van der Waals surface area contributed by atoms with Crippen molar-refractivity contribution in [2.45, 2.75) is 51.2 Å². The summed E-state index contributed by atoms with van der Waals surface area (Å²) in [5.74, 6) is 1.68. The number of hydrogen-bond acceptors (Lipinski definition) is 3. The molecule has 1 aliphatic carbocycles. The number of hydrogen-bond donors (Lipinski definition) is 1. The van der Waals surface area contributed by atoms with Gasteiger partial charge in [0.2, 0.25) is 0 Å². The number of para-hydroxylation sites is 2. The number of methoxy groups -OCH3 is 1.